The van der Waals surface area contributed by atoms with E-state index in [2.05, 4.69) is 11.4 Å². The van der Waals surface area contributed by atoms with Crippen molar-refractivity contribution in [2.45, 2.75) is 34.2 Å². The van der Waals surface area contributed by atoms with Crippen LogP contribution in [-0.2, 0) is 16.1 Å². The molecule has 0 aliphatic carbocycles. The van der Waals surface area contributed by atoms with Gasteiger partial charge >= 0.3 is 0 Å². The molecule has 2 aromatic rings. The van der Waals surface area contributed by atoms with E-state index in [1.54, 1.807) is 6.26 Å². The van der Waals surface area contributed by atoms with Crippen molar-refractivity contribution < 1.29 is 14.0 Å². The number of carbonyl (C=O) groups excluding carboxylic acids is 2. The number of amides is 2. The number of nitriles is 1. The quantitative estimate of drug-likeness (QED) is 0.787. The molecule has 0 bridgehead atoms. The molecule has 1 saturated heterocycles. The average Bonchev–Trinajstić information content (AvgIpc) is 3.31. The summed E-state index contributed by atoms with van der Waals surface area (Å²) in [7, 11) is 0. The largest absolute Gasteiger partial charge is 0.467 e. The highest BCUT2D eigenvalue weighted by molar-refractivity contribution is 5.93. The third-order valence-electron chi connectivity index (χ3n) is 5.64. The number of carbonyl (C=O) groups is 2. The summed E-state index contributed by atoms with van der Waals surface area (Å²) in [6.45, 7) is 10.8. The van der Waals surface area contributed by atoms with Crippen molar-refractivity contribution in [3.63, 3.8) is 0 Å². The zero-order valence-corrected chi connectivity index (χ0v) is 18.1. The Morgan fingerprint density at radius 2 is 1.93 bits per heavy atom. The summed E-state index contributed by atoms with van der Waals surface area (Å²) in [6, 6.07) is 5.90. The van der Waals surface area contributed by atoms with Crippen LogP contribution in [-0.4, -0.2) is 58.9 Å². The van der Waals surface area contributed by atoms with Crippen LogP contribution in [0.25, 0.3) is 0 Å². The summed E-state index contributed by atoms with van der Waals surface area (Å²) in [6.07, 6.45) is 1.61. The van der Waals surface area contributed by atoms with Crippen molar-refractivity contribution in [3.05, 3.63) is 41.0 Å². The van der Waals surface area contributed by atoms with Gasteiger partial charge < -0.3 is 19.2 Å². The van der Waals surface area contributed by atoms with E-state index in [-0.39, 0.29) is 24.3 Å². The van der Waals surface area contributed by atoms with Gasteiger partial charge in [0.25, 0.3) is 0 Å². The van der Waals surface area contributed by atoms with Crippen LogP contribution in [0, 0.1) is 31.1 Å². The van der Waals surface area contributed by atoms with Crippen molar-refractivity contribution in [1.29, 1.82) is 5.26 Å². The molecular weight excluding hydrogens is 382 g/mol. The molecule has 1 fully saturated rings. The monoisotopic (exact) mass is 411 g/mol. The zero-order valence-electron chi connectivity index (χ0n) is 18.1. The minimum Gasteiger partial charge on any atom is -0.467 e. The molecule has 2 aromatic heterocycles. The highest BCUT2D eigenvalue weighted by Crippen LogP contribution is 2.27. The summed E-state index contributed by atoms with van der Waals surface area (Å²) in [4.78, 5) is 28.8. The van der Waals surface area contributed by atoms with E-state index in [4.69, 9.17) is 4.42 Å². The summed E-state index contributed by atoms with van der Waals surface area (Å²) in [5.74, 6) is 1.21. The molecule has 1 aliphatic rings. The third-order valence-corrected chi connectivity index (χ3v) is 5.64. The molecule has 8 nitrogen and oxygen atoms in total. The van der Waals surface area contributed by atoms with Gasteiger partial charge in [-0.3, -0.25) is 14.5 Å². The molecule has 0 spiro atoms. The average molecular weight is 412 g/mol. The maximum atomic E-state index is 12.8. The van der Waals surface area contributed by atoms with Crippen LogP contribution in [0.1, 0.15) is 36.4 Å². The van der Waals surface area contributed by atoms with Crippen LogP contribution in [0.5, 0.6) is 0 Å². The molecule has 1 aliphatic heterocycles. The maximum Gasteiger partial charge on any atom is 0.239 e. The summed E-state index contributed by atoms with van der Waals surface area (Å²) >= 11 is 0. The Kier molecular flexibility index (Phi) is 6.63. The van der Waals surface area contributed by atoms with Gasteiger partial charge in [-0.1, -0.05) is 13.8 Å². The van der Waals surface area contributed by atoms with Crippen LogP contribution in [0.2, 0.25) is 0 Å². The lowest BCUT2D eigenvalue weighted by Gasteiger charge is -2.35. The highest BCUT2D eigenvalue weighted by atomic mass is 16.3. The molecule has 0 saturated carbocycles. The molecule has 160 valence electrons. The topological polar surface area (TPSA) is 94.5 Å². The molecule has 3 rings (SSSR count). The summed E-state index contributed by atoms with van der Waals surface area (Å²) in [5, 5.41) is 12.6. The van der Waals surface area contributed by atoms with E-state index in [0.717, 1.165) is 17.0 Å². The second kappa shape index (κ2) is 9.18. The molecule has 8 heteroatoms. The summed E-state index contributed by atoms with van der Waals surface area (Å²) in [5.41, 5.74) is 2.24. The Hall–Kier alpha value is -3.05. The Morgan fingerprint density at radius 3 is 2.50 bits per heavy atom. The van der Waals surface area contributed by atoms with Crippen LogP contribution in [0.4, 0.5) is 5.82 Å². The lowest BCUT2D eigenvalue weighted by atomic mass is 10.1. The van der Waals surface area contributed by atoms with Crippen molar-refractivity contribution in [1.82, 2.24) is 14.4 Å². The Labute approximate surface area is 177 Å². The van der Waals surface area contributed by atoms with Crippen molar-refractivity contribution >= 4 is 17.6 Å². The fourth-order valence-corrected chi connectivity index (χ4v) is 3.75. The predicted molar refractivity (Wildman–Crippen MR) is 113 cm³/mol. The van der Waals surface area contributed by atoms with Crippen molar-refractivity contribution in [2.75, 3.05) is 38.0 Å². The first-order valence-corrected chi connectivity index (χ1v) is 10.2. The zero-order chi connectivity index (χ0) is 21.8. The lowest BCUT2D eigenvalue weighted by Crippen LogP contribution is -2.51. The number of furan rings is 1. The second-order valence-corrected chi connectivity index (χ2v) is 8.02. The fraction of sp³-hybridized carbons (Fsp3) is 0.500. The molecule has 0 atom stereocenters. The lowest BCUT2D eigenvalue weighted by molar-refractivity contribution is -0.136. The van der Waals surface area contributed by atoms with Gasteiger partial charge in [-0.25, -0.2) is 0 Å². The number of hydrogen-bond donors (Lipinski definition) is 1. The molecule has 3 heterocycles. The van der Waals surface area contributed by atoms with Crippen LogP contribution < -0.4 is 5.32 Å². The fourth-order valence-electron chi connectivity index (χ4n) is 3.75. The van der Waals surface area contributed by atoms with E-state index in [9.17, 15) is 14.9 Å². The molecule has 1 N–H and O–H groups in total. The van der Waals surface area contributed by atoms with Crippen molar-refractivity contribution in [2.24, 2.45) is 5.92 Å². The second-order valence-electron chi connectivity index (χ2n) is 8.02. The molecule has 0 unspecified atom stereocenters. The first-order chi connectivity index (χ1) is 14.3. The Morgan fingerprint density at radius 1 is 1.23 bits per heavy atom. The number of rotatable bonds is 6. The minimum atomic E-state index is -0.173. The van der Waals surface area contributed by atoms with E-state index in [0.29, 0.717) is 44.1 Å². The molecular formula is C22H29N5O3. The van der Waals surface area contributed by atoms with E-state index in [1.165, 1.54) is 0 Å². The first-order valence-electron chi connectivity index (χ1n) is 10.2. The van der Waals surface area contributed by atoms with Gasteiger partial charge in [0.2, 0.25) is 11.8 Å². The minimum absolute atomic E-state index is 0.0160. The first kappa shape index (κ1) is 21.7. The predicted octanol–water partition coefficient (Wildman–Crippen LogP) is 2.36. The SMILES string of the molecule is Cc1c(C#N)c(NC(=O)CN2CCN(C(=O)C(C)C)CC2)n(Cc2ccco2)c1C. The van der Waals surface area contributed by atoms with Gasteiger partial charge in [-0.05, 0) is 31.5 Å². The Bertz CT molecular complexity index is 945. The van der Waals surface area contributed by atoms with Crippen molar-refractivity contribution in [3.8, 4) is 6.07 Å². The molecule has 0 aromatic carbocycles. The van der Waals surface area contributed by atoms with Gasteiger partial charge in [-0.15, -0.1) is 0 Å². The van der Waals surface area contributed by atoms with E-state index < -0.39 is 0 Å². The van der Waals surface area contributed by atoms with E-state index in [1.807, 2.05) is 54.2 Å². The smallest absolute Gasteiger partial charge is 0.239 e. The van der Waals surface area contributed by atoms with Gasteiger partial charge in [0.1, 0.15) is 17.6 Å². The van der Waals surface area contributed by atoms with Gasteiger partial charge in [-0.2, -0.15) is 5.26 Å². The van der Waals surface area contributed by atoms with Gasteiger partial charge in [0.05, 0.1) is 24.9 Å². The number of anilines is 1. The highest BCUT2D eigenvalue weighted by Gasteiger charge is 2.25. The number of hydrogen-bond acceptors (Lipinski definition) is 5. The van der Waals surface area contributed by atoms with Gasteiger partial charge in [0, 0.05) is 37.8 Å². The van der Waals surface area contributed by atoms with Crippen LogP contribution in [0.3, 0.4) is 0 Å². The number of piperazine rings is 1. The number of nitrogens with one attached hydrogen (secondary N) is 1. The standard InChI is InChI=1S/C22H29N5O3/c1-15(2)22(29)26-9-7-25(8-10-26)14-20(28)24-21-19(12-23)16(3)17(4)27(21)13-18-6-5-11-30-18/h5-6,11,15H,7-10,13-14H2,1-4H3,(H,24,28). The van der Waals surface area contributed by atoms with Crippen LogP contribution >= 0.6 is 0 Å². The molecule has 30 heavy (non-hydrogen) atoms. The number of nitrogens with zero attached hydrogens (tertiary/aromatic N) is 4. The Balaban J connectivity index is 1.67. The summed E-state index contributed by atoms with van der Waals surface area (Å²) < 4.78 is 7.35. The van der Waals surface area contributed by atoms with Gasteiger partial charge in [0.15, 0.2) is 0 Å². The van der Waals surface area contributed by atoms with Crippen LogP contribution in [0.15, 0.2) is 22.8 Å². The third kappa shape index (κ3) is 4.57. The molecule has 2 amide bonds. The maximum absolute atomic E-state index is 12.8. The number of aromatic nitrogens is 1. The van der Waals surface area contributed by atoms with E-state index >= 15 is 0 Å². The normalized spacial score (nSPS) is 14.7. The molecule has 0 radical (unpaired) electrons.